The van der Waals surface area contributed by atoms with Gasteiger partial charge in [0.05, 0.1) is 11.9 Å². The zero-order valence-corrected chi connectivity index (χ0v) is 12.3. The van der Waals surface area contributed by atoms with Crippen molar-refractivity contribution >= 4 is 5.82 Å². The summed E-state index contributed by atoms with van der Waals surface area (Å²) in [4.78, 5) is 11.1. The molecule has 0 spiro atoms. The summed E-state index contributed by atoms with van der Waals surface area (Å²) < 4.78 is 0. The Morgan fingerprint density at radius 1 is 1.28 bits per heavy atom. The van der Waals surface area contributed by atoms with E-state index < -0.39 is 0 Å². The van der Waals surface area contributed by atoms with Crippen LogP contribution >= 0.6 is 0 Å². The molecule has 0 saturated heterocycles. The van der Waals surface area contributed by atoms with Gasteiger partial charge in [0.25, 0.3) is 0 Å². The Labute approximate surface area is 111 Å². The van der Waals surface area contributed by atoms with E-state index >= 15 is 0 Å². The highest BCUT2D eigenvalue weighted by atomic mass is 15.2. The fourth-order valence-electron chi connectivity index (χ4n) is 1.58. The fraction of sp³-hybridized carbons (Fsp3) is 0.714. The van der Waals surface area contributed by atoms with E-state index in [0.29, 0.717) is 0 Å². The molecule has 1 N–H and O–H groups in total. The van der Waals surface area contributed by atoms with Crippen LogP contribution in [-0.4, -0.2) is 29.1 Å². The molecule has 1 aromatic rings. The summed E-state index contributed by atoms with van der Waals surface area (Å²) in [5.41, 5.74) is 1.10. The molecule has 1 heterocycles. The van der Waals surface area contributed by atoms with Crippen LogP contribution < -0.4 is 10.2 Å². The number of hydrogen-bond acceptors (Lipinski definition) is 4. The van der Waals surface area contributed by atoms with Gasteiger partial charge in [-0.15, -0.1) is 0 Å². The van der Waals surface area contributed by atoms with E-state index in [1.807, 2.05) is 12.4 Å². The van der Waals surface area contributed by atoms with Gasteiger partial charge >= 0.3 is 0 Å². The van der Waals surface area contributed by atoms with Gasteiger partial charge in [-0.05, 0) is 33.2 Å². The first-order chi connectivity index (χ1) is 8.51. The van der Waals surface area contributed by atoms with Gasteiger partial charge in [-0.3, -0.25) is 4.98 Å². The second kappa shape index (κ2) is 6.69. The Morgan fingerprint density at radius 3 is 2.61 bits per heavy atom. The number of aromatic nitrogens is 2. The summed E-state index contributed by atoms with van der Waals surface area (Å²) in [6.45, 7) is 10.6. The molecular weight excluding hydrogens is 224 g/mol. The van der Waals surface area contributed by atoms with Gasteiger partial charge in [0.2, 0.25) is 0 Å². The highest BCUT2D eigenvalue weighted by molar-refractivity contribution is 5.38. The van der Waals surface area contributed by atoms with Crippen molar-refractivity contribution in [1.29, 1.82) is 0 Å². The third-order valence-corrected chi connectivity index (χ3v) is 3.52. The number of nitrogens with one attached hydrogen (secondary N) is 1. The minimum absolute atomic E-state index is 0.101. The van der Waals surface area contributed by atoms with Gasteiger partial charge in [0.1, 0.15) is 5.82 Å². The molecule has 0 fully saturated rings. The standard InChI is InChI=1S/C14H26N4/c1-6-8-15-9-12-10-16-11-13(17-12)18(5)14(3,4)7-2/h10-11,15H,6-9H2,1-5H3. The SMILES string of the molecule is CCCNCc1cncc(N(C)C(C)(C)CC)n1. The molecule has 0 aliphatic heterocycles. The zero-order valence-electron chi connectivity index (χ0n) is 12.3. The molecule has 1 rings (SSSR count). The highest BCUT2D eigenvalue weighted by Crippen LogP contribution is 2.22. The average molecular weight is 250 g/mol. The fourth-order valence-corrected chi connectivity index (χ4v) is 1.58. The Hall–Kier alpha value is -1.16. The van der Waals surface area contributed by atoms with Crippen molar-refractivity contribution in [3.8, 4) is 0 Å². The zero-order chi connectivity index (χ0) is 13.6. The quantitative estimate of drug-likeness (QED) is 0.755. The summed E-state index contributed by atoms with van der Waals surface area (Å²) in [6.07, 6.45) is 5.87. The number of nitrogens with zero attached hydrogens (tertiary/aromatic N) is 3. The van der Waals surface area contributed by atoms with E-state index in [1.165, 1.54) is 0 Å². The lowest BCUT2D eigenvalue weighted by atomic mass is 10.0. The minimum atomic E-state index is 0.101. The molecule has 0 aromatic carbocycles. The van der Waals surface area contributed by atoms with Crippen LogP contribution in [0, 0.1) is 0 Å². The Bertz CT molecular complexity index is 363. The van der Waals surface area contributed by atoms with E-state index in [0.717, 1.165) is 37.4 Å². The van der Waals surface area contributed by atoms with Gasteiger partial charge in [0.15, 0.2) is 0 Å². The Morgan fingerprint density at radius 2 is 2.00 bits per heavy atom. The third-order valence-electron chi connectivity index (χ3n) is 3.52. The topological polar surface area (TPSA) is 41.1 Å². The molecule has 0 saturated carbocycles. The molecular formula is C14H26N4. The van der Waals surface area contributed by atoms with Crippen molar-refractivity contribution < 1.29 is 0 Å². The van der Waals surface area contributed by atoms with E-state index in [1.54, 1.807) is 0 Å². The lowest BCUT2D eigenvalue weighted by Gasteiger charge is -2.35. The Balaban J connectivity index is 2.75. The molecule has 4 heteroatoms. The molecule has 0 bridgehead atoms. The normalized spacial score (nSPS) is 11.6. The molecule has 0 radical (unpaired) electrons. The highest BCUT2D eigenvalue weighted by Gasteiger charge is 2.22. The monoisotopic (exact) mass is 250 g/mol. The predicted octanol–water partition coefficient (Wildman–Crippen LogP) is 2.60. The first-order valence-electron chi connectivity index (χ1n) is 6.76. The van der Waals surface area contributed by atoms with Crippen LogP contribution in [0.4, 0.5) is 5.82 Å². The van der Waals surface area contributed by atoms with Crippen molar-refractivity contribution in [2.24, 2.45) is 0 Å². The maximum absolute atomic E-state index is 4.66. The molecule has 0 atom stereocenters. The number of anilines is 1. The van der Waals surface area contributed by atoms with Crippen molar-refractivity contribution in [2.45, 2.75) is 52.6 Å². The summed E-state index contributed by atoms with van der Waals surface area (Å²) in [7, 11) is 2.08. The van der Waals surface area contributed by atoms with Gasteiger partial charge < -0.3 is 10.2 Å². The lowest BCUT2D eigenvalue weighted by molar-refractivity contribution is 0.466. The van der Waals surface area contributed by atoms with Crippen LogP contribution in [-0.2, 0) is 6.54 Å². The van der Waals surface area contributed by atoms with Crippen LogP contribution in [0.3, 0.4) is 0 Å². The van der Waals surface area contributed by atoms with E-state index in [-0.39, 0.29) is 5.54 Å². The van der Waals surface area contributed by atoms with Gasteiger partial charge in [-0.1, -0.05) is 13.8 Å². The van der Waals surface area contributed by atoms with E-state index in [9.17, 15) is 0 Å². The van der Waals surface area contributed by atoms with Gasteiger partial charge in [-0.25, -0.2) is 4.98 Å². The molecule has 0 amide bonds. The summed E-state index contributed by atoms with van der Waals surface area (Å²) >= 11 is 0. The van der Waals surface area contributed by atoms with Gasteiger partial charge in [-0.2, -0.15) is 0 Å². The minimum Gasteiger partial charge on any atom is -0.353 e. The summed E-state index contributed by atoms with van der Waals surface area (Å²) in [5.74, 6) is 0.942. The summed E-state index contributed by atoms with van der Waals surface area (Å²) in [6, 6.07) is 0. The average Bonchev–Trinajstić information content (AvgIpc) is 2.38. The molecule has 0 aliphatic carbocycles. The van der Waals surface area contributed by atoms with Crippen LogP contribution in [0.25, 0.3) is 0 Å². The molecule has 1 aromatic heterocycles. The molecule has 102 valence electrons. The molecule has 0 unspecified atom stereocenters. The maximum Gasteiger partial charge on any atom is 0.147 e. The predicted molar refractivity (Wildman–Crippen MR) is 76.8 cm³/mol. The molecule has 18 heavy (non-hydrogen) atoms. The van der Waals surface area contributed by atoms with Crippen molar-refractivity contribution in [3.63, 3.8) is 0 Å². The van der Waals surface area contributed by atoms with Gasteiger partial charge in [0, 0.05) is 25.3 Å². The number of hydrogen-bond donors (Lipinski definition) is 1. The van der Waals surface area contributed by atoms with Crippen LogP contribution in [0.1, 0.15) is 46.2 Å². The lowest BCUT2D eigenvalue weighted by Crippen LogP contribution is -2.41. The van der Waals surface area contributed by atoms with E-state index in [4.69, 9.17) is 0 Å². The largest absolute Gasteiger partial charge is 0.353 e. The van der Waals surface area contributed by atoms with Crippen LogP contribution in [0.5, 0.6) is 0 Å². The first kappa shape index (κ1) is 14.9. The van der Waals surface area contributed by atoms with Crippen LogP contribution in [0.2, 0.25) is 0 Å². The smallest absolute Gasteiger partial charge is 0.147 e. The third kappa shape index (κ3) is 3.95. The van der Waals surface area contributed by atoms with Crippen molar-refractivity contribution in [3.05, 3.63) is 18.1 Å². The molecule has 0 aliphatic rings. The van der Waals surface area contributed by atoms with E-state index in [2.05, 4.69) is 54.9 Å². The second-order valence-corrected chi connectivity index (χ2v) is 5.27. The van der Waals surface area contributed by atoms with Crippen molar-refractivity contribution in [1.82, 2.24) is 15.3 Å². The maximum atomic E-state index is 4.66. The summed E-state index contributed by atoms with van der Waals surface area (Å²) in [5, 5.41) is 3.35. The second-order valence-electron chi connectivity index (χ2n) is 5.27. The van der Waals surface area contributed by atoms with Crippen molar-refractivity contribution in [2.75, 3.05) is 18.5 Å². The molecule has 4 nitrogen and oxygen atoms in total. The first-order valence-corrected chi connectivity index (χ1v) is 6.76. The Kier molecular flexibility index (Phi) is 5.54. The number of rotatable bonds is 7. The van der Waals surface area contributed by atoms with Crippen LogP contribution in [0.15, 0.2) is 12.4 Å².